The summed E-state index contributed by atoms with van der Waals surface area (Å²) in [6.45, 7) is 0. The maximum absolute atomic E-state index is 10.9. The maximum atomic E-state index is 10.9. The minimum Gasteiger partial charge on any atom is -0.305 e. The van der Waals surface area contributed by atoms with E-state index in [1.54, 1.807) is 0 Å². The Bertz CT molecular complexity index is 568. The van der Waals surface area contributed by atoms with Crippen LogP contribution in [-0.2, 0) is 9.59 Å². The van der Waals surface area contributed by atoms with Crippen molar-refractivity contribution in [2.24, 2.45) is 0 Å². The van der Waals surface area contributed by atoms with E-state index in [0.717, 1.165) is 12.2 Å². The number of carbonyl (C=O) groups is 2. The Balaban J connectivity index is 2.93. The zero-order chi connectivity index (χ0) is 9.42. The largest absolute Gasteiger partial charge is 0.345 e. The second-order valence-electron chi connectivity index (χ2n) is 2.57. The topological polar surface area (TPSA) is 79.9 Å². The van der Waals surface area contributed by atoms with Gasteiger partial charge in [-0.2, -0.15) is 0 Å². The van der Waals surface area contributed by atoms with E-state index in [-0.39, 0.29) is 0 Å². The van der Waals surface area contributed by atoms with Gasteiger partial charge in [-0.3, -0.25) is 9.59 Å². The van der Waals surface area contributed by atoms with Crippen LogP contribution >= 0.6 is 0 Å². The van der Waals surface area contributed by atoms with Crippen LogP contribution in [0.1, 0.15) is 0 Å². The monoisotopic (exact) mass is 176 g/mol. The van der Waals surface area contributed by atoms with Gasteiger partial charge in [-0.05, 0) is 0 Å². The smallest absolute Gasteiger partial charge is 0.305 e. The molecular formula is C8H4N2O3. The Morgan fingerprint density at radius 2 is 1.77 bits per heavy atom. The van der Waals surface area contributed by atoms with Crippen LogP contribution in [0, 0.1) is 0 Å². The highest BCUT2D eigenvalue weighted by Gasteiger charge is 2.11. The van der Waals surface area contributed by atoms with Gasteiger partial charge in [0.15, 0.2) is 0 Å². The van der Waals surface area contributed by atoms with E-state index in [2.05, 4.69) is 9.97 Å². The SMILES string of the molecule is O=C1C=c2cnc(=O)[nH]c2=CC1=O. The number of carbonyl (C=O) groups excluding carboxylic acids is 2. The summed E-state index contributed by atoms with van der Waals surface area (Å²) in [6, 6.07) is 0. The number of Topliss-reactive ketones (excluding diaryl/α,β-unsaturated/α-hetero) is 2. The quantitative estimate of drug-likeness (QED) is 0.442. The lowest BCUT2D eigenvalue weighted by molar-refractivity contribution is -0.129. The first-order valence-electron chi connectivity index (χ1n) is 3.54. The lowest BCUT2D eigenvalue weighted by Crippen LogP contribution is -2.40. The van der Waals surface area contributed by atoms with Crippen molar-refractivity contribution in [2.45, 2.75) is 0 Å². The van der Waals surface area contributed by atoms with Gasteiger partial charge in [0, 0.05) is 23.6 Å². The van der Waals surface area contributed by atoms with Crippen LogP contribution in [0.5, 0.6) is 0 Å². The zero-order valence-electron chi connectivity index (χ0n) is 6.40. The summed E-state index contributed by atoms with van der Waals surface area (Å²) in [5.74, 6) is -1.23. The highest BCUT2D eigenvalue weighted by atomic mass is 16.2. The summed E-state index contributed by atoms with van der Waals surface area (Å²) in [7, 11) is 0. The summed E-state index contributed by atoms with van der Waals surface area (Å²) in [5.41, 5.74) is -0.537. The molecule has 0 aromatic carbocycles. The fraction of sp³-hybridized carbons (Fsp3) is 0. The van der Waals surface area contributed by atoms with E-state index in [4.69, 9.17) is 0 Å². The molecular weight excluding hydrogens is 172 g/mol. The van der Waals surface area contributed by atoms with Gasteiger partial charge in [0.2, 0.25) is 11.6 Å². The Kier molecular flexibility index (Phi) is 1.45. The number of H-pyrrole nitrogens is 1. The first kappa shape index (κ1) is 7.60. The van der Waals surface area contributed by atoms with Crippen molar-refractivity contribution in [3.05, 3.63) is 27.2 Å². The molecule has 0 bridgehead atoms. The molecule has 0 radical (unpaired) electrons. The van der Waals surface area contributed by atoms with Crippen molar-refractivity contribution in [3.8, 4) is 0 Å². The lowest BCUT2D eigenvalue weighted by atomic mass is 10.1. The molecule has 1 aliphatic carbocycles. The summed E-state index contributed by atoms with van der Waals surface area (Å²) in [5, 5.41) is 0.800. The first-order chi connectivity index (χ1) is 6.16. The molecule has 0 unspecified atom stereocenters. The van der Waals surface area contributed by atoms with Crippen molar-refractivity contribution >= 4 is 23.7 Å². The van der Waals surface area contributed by atoms with Crippen LogP contribution in [0.2, 0.25) is 0 Å². The van der Waals surface area contributed by atoms with Crippen LogP contribution in [0.25, 0.3) is 12.2 Å². The molecule has 0 atom stereocenters. The molecule has 1 aliphatic rings. The molecule has 1 aromatic rings. The molecule has 0 saturated heterocycles. The number of rotatable bonds is 0. The van der Waals surface area contributed by atoms with Gasteiger partial charge in [-0.25, -0.2) is 9.78 Å². The van der Waals surface area contributed by atoms with Gasteiger partial charge in [0.05, 0.1) is 5.35 Å². The Morgan fingerprint density at radius 3 is 2.54 bits per heavy atom. The van der Waals surface area contributed by atoms with E-state index in [1.807, 2.05) is 0 Å². The normalized spacial score (nSPS) is 14.5. The van der Waals surface area contributed by atoms with Gasteiger partial charge in [0.25, 0.3) is 0 Å². The van der Waals surface area contributed by atoms with Crippen molar-refractivity contribution in [3.63, 3.8) is 0 Å². The van der Waals surface area contributed by atoms with Gasteiger partial charge < -0.3 is 4.98 Å². The molecule has 1 aromatic heterocycles. The molecule has 1 heterocycles. The van der Waals surface area contributed by atoms with Gasteiger partial charge >= 0.3 is 5.69 Å². The van der Waals surface area contributed by atoms with E-state index in [1.165, 1.54) is 6.20 Å². The average Bonchev–Trinajstić information content (AvgIpc) is 2.08. The van der Waals surface area contributed by atoms with Crippen molar-refractivity contribution < 1.29 is 9.59 Å². The Morgan fingerprint density at radius 1 is 1.08 bits per heavy atom. The summed E-state index contributed by atoms with van der Waals surface area (Å²) in [6.07, 6.45) is 3.51. The molecule has 2 rings (SSSR count). The molecule has 0 aliphatic heterocycles. The third-order valence-corrected chi connectivity index (χ3v) is 1.68. The van der Waals surface area contributed by atoms with E-state index in [9.17, 15) is 14.4 Å². The highest BCUT2D eigenvalue weighted by molar-refractivity contribution is 6.57. The number of nitrogens with one attached hydrogen (secondary N) is 1. The molecule has 1 N–H and O–H groups in total. The molecule has 5 heteroatoms. The van der Waals surface area contributed by atoms with Crippen molar-refractivity contribution in [1.82, 2.24) is 9.97 Å². The van der Waals surface area contributed by atoms with Crippen LogP contribution in [-0.4, -0.2) is 21.5 Å². The van der Waals surface area contributed by atoms with Gasteiger partial charge in [-0.1, -0.05) is 0 Å². The van der Waals surface area contributed by atoms with Crippen LogP contribution in [0.4, 0.5) is 0 Å². The summed E-state index contributed by atoms with van der Waals surface area (Å²) >= 11 is 0. The minimum absolute atomic E-state index is 0.338. The minimum atomic E-state index is -0.630. The fourth-order valence-corrected chi connectivity index (χ4v) is 1.07. The first-order valence-corrected chi connectivity index (χ1v) is 3.54. The zero-order valence-corrected chi connectivity index (χ0v) is 6.40. The maximum Gasteiger partial charge on any atom is 0.345 e. The Hall–Kier alpha value is -2.04. The molecule has 64 valence electrons. The number of ketones is 2. The number of aromatic amines is 1. The lowest BCUT2D eigenvalue weighted by Gasteiger charge is -1.95. The van der Waals surface area contributed by atoms with Gasteiger partial charge in [-0.15, -0.1) is 0 Å². The van der Waals surface area contributed by atoms with Crippen LogP contribution < -0.4 is 16.3 Å². The van der Waals surface area contributed by atoms with E-state index >= 15 is 0 Å². The fourth-order valence-electron chi connectivity index (χ4n) is 1.07. The summed E-state index contributed by atoms with van der Waals surface area (Å²) in [4.78, 5) is 38.3. The van der Waals surface area contributed by atoms with Crippen molar-refractivity contribution in [2.75, 3.05) is 0 Å². The van der Waals surface area contributed by atoms with Crippen molar-refractivity contribution in [1.29, 1.82) is 0 Å². The molecule has 0 fully saturated rings. The number of nitrogens with zero attached hydrogens (tertiary/aromatic N) is 1. The third kappa shape index (κ3) is 1.20. The summed E-state index contributed by atoms with van der Waals surface area (Å²) < 4.78 is 0. The number of hydrogen-bond acceptors (Lipinski definition) is 4. The Labute approximate surface area is 71.4 Å². The molecule has 5 nitrogen and oxygen atoms in total. The van der Waals surface area contributed by atoms with E-state index in [0.29, 0.717) is 10.6 Å². The van der Waals surface area contributed by atoms with Gasteiger partial charge in [0.1, 0.15) is 0 Å². The molecule has 0 amide bonds. The molecule has 0 saturated carbocycles. The predicted molar refractivity (Wildman–Crippen MR) is 43.1 cm³/mol. The highest BCUT2D eigenvalue weighted by Crippen LogP contribution is 1.83. The molecule has 0 spiro atoms. The van der Waals surface area contributed by atoms with Crippen LogP contribution in [0.15, 0.2) is 11.0 Å². The van der Waals surface area contributed by atoms with E-state index < -0.39 is 17.3 Å². The van der Waals surface area contributed by atoms with Crippen LogP contribution in [0.3, 0.4) is 0 Å². The second kappa shape index (κ2) is 2.48. The molecule has 13 heavy (non-hydrogen) atoms. The predicted octanol–water partition coefficient (Wildman–Crippen LogP) is -2.52. The standard InChI is InChI=1S/C8H4N2O3/c11-6-1-4-3-9-8(13)10-5(4)2-7(6)12/h1-3H,(H,10,13). The average molecular weight is 176 g/mol. The third-order valence-electron chi connectivity index (χ3n) is 1.68. The second-order valence-corrected chi connectivity index (χ2v) is 2.57. The number of hydrogen-bond donors (Lipinski definition) is 1. The number of aromatic nitrogens is 2. The number of fused-ring (bicyclic) bond motifs is 1.